The molecule has 0 aliphatic carbocycles. The maximum Gasteiger partial charge on any atom is 0.414 e. The maximum absolute atomic E-state index is 11.8. The highest BCUT2D eigenvalue weighted by atomic mass is 16.6. The van der Waals surface area contributed by atoms with E-state index >= 15 is 0 Å². The van der Waals surface area contributed by atoms with Crippen molar-refractivity contribution in [2.45, 2.75) is 13.8 Å². The van der Waals surface area contributed by atoms with Crippen LogP contribution in [0.25, 0.3) is 17.0 Å². The van der Waals surface area contributed by atoms with E-state index in [1.54, 1.807) is 38.4 Å². The number of ether oxygens (including phenoxy) is 2. The molecular weight excluding hydrogens is 296 g/mol. The molecule has 6 heteroatoms. The van der Waals surface area contributed by atoms with Crippen molar-refractivity contribution in [2.24, 2.45) is 0 Å². The number of hydrogen-bond acceptors (Lipinski definition) is 4. The Bertz CT molecular complexity index is 733. The molecule has 0 atom stereocenters. The Morgan fingerprint density at radius 2 is 2.09 bits per heavy atom. The number of nitrogens with zero attached hydrogens (tertiary/aromatic N) is 1. The van der Waals surface area contributed by atoms with Gasteiger partial charge in [-0.25, -0.2) is 9.59 Å². The van der Waals surface area contributed by atoms with E-state index < -0.39 is 6.09 Å². The highest BCUT2D eigenvalue weighted by Crippen LogP contribution is 2.24. The van der Waals surface area contributed by atoms with Crippen molar-refractivity contribution in [2.75, 3.05) is 20.2 Å². The summed E-state index contributed by atoms with van der Waals surface area (Å²) in [4.78, 5) is 27.7. The van der Waals surface area contributed by atoms with Gasteiger partial charge in [-0.2, -0.15) is 0 Å². The molecule has 0 saturated carbocycles. The maximum atomic E-state index is 11.8. The second kappa shape index (κ2) is 7.49. The highest BCUT2D eigenvalue weighted by molar-refractivity contribution is 5.94. The zero-order chi connectivity index (χ0) is 16.8. The van der Waals surface area contributed by atoms with Crippen molar-refractivity contribution in [1.29, 1.82) is 0 Å². The first kappa shape index (κ1) is 16.6. The minimum Gasteiger partial charge on any atom is -0.463 e. The smallest absolute Gasteiger partial charge is 0.414 e. The lowest BCUT2D eigenvalue weighted by atomic mass is 10.1. The summed E-state index contributed by atoms with van der Waals surface area (Å²) in [5, 5.41) is 0.925. The van der Waals surface area contributed by atoms with Crippen LogP contribution >= 0.6 is 0 Å². The van der Waals surface area contributed by atoms with Crippen LogP contribution in [0.3, 0.4) is 0 Å². The number of carbonyl (C=O) groups excluding carboxylic acids is 2. The number of esters is 1. The molecule has 0 aliphatic rings. The first-order chi connectivity index (χ1) is 11.0. The van der Waals surface area contributed by atoms with Crippen molar-refractivity contribution in [3.8, 4) is 5.75 Å². The minimum atomic E-state index is -0.402. The topological polar surface area (TPSA) is 71.6 Å². The van der Waals surface area contributed by atoms with Gasteiger partial charge in [0.25, 0.3) is 0 Å². The summed E-state index contributed by atoms with van der Waals surface area (Å²) in [5.41, 5.74) is 1.68. The van der Waals surface area contributed by atoms with Crippen LogP contribution in [0.4, 0.5) is 4.79 Å². The van der Waals surface area contributed by atoms with E-state index in [4.69, 9.17) is 9.47 Å². The van der Waals surface area contributed by atoms with Gasteiger partial charge >= 0.3 is 12.1 Å². The Balaban J connectivity index is 2.17. The number of carbonyl (C=O) groups is 2. The lowest BCUT2D eigenvalue weighted by molar-refractivity contribution is -0.137. The zero-order valence-corrected chi connectivity index (χ0v) is 13.5. The molecule has 1 heterocycles. The van der Waals surface area contributed by atoms with E-state index in [1.807, 2.05) is 13.0 Å². The predicted molar refractivity (Wildman–Crippen MR) is 88.3 cm³/mol. The van der Waals surface area contributed by atoms with Gasteiger partial charge in [0.1, 0.15) is 5.75 Å². The Labute approximate surface area is 134 Å². The first-order valence-electron chi connectivity index (χ1n) is 7.44. The fraction of sp³-hybridized carbons (Fsp3) is 0.294. The van der Waals surface area contributed by atoms with Gasteiger partial charge in [-0.1, -0.05) is 0 Å². The quantitative estimate of drug-likeness (QED) is 0.679. The molecule has 23 heavy (non-hydrogen) atoms. The number of aromatic nitrogens is 1. The molecular formula is C17H20N2O4. The monoisotopic (exact) mass is 316 g/mol. The molecule has 0 bridgehead atoms. The third-order valence-corrected chi connectivity index (χ3v) is 3.36. The standard InChI is InChI=1S/C17H20N2O4/c1-4-19(3)17(21)23-13-7-8-14-12(11-18-15(14)10-13)6-9-16(20)22-5-2/h6-11,18H,4-5H2,1-3H3/b9-6+. The molecule has 1 aromatic heterocycles. The van der Waals surface area contributed by atoms with Crippen LogP contribution < -0.4 is 4.74 Å². The molecule has 1 amide bonds. The molecule has 0 spiro atoms. The van der Waals surface area contributed by atoms with Gasteiger partial charge in [0.15, 0.2) is 0 Å². The van der Waals surface area contributed by atoms with Crippen molar-refractivity contribution in [3.05, 3.63) is 36.0 Å². The fourth-order valence-corrected chi connectivity index (χ4v) is 1.99. The van der Waals surface area contributed by atoms with E-state index in [2.05, 4.69) is 4.98 Å². The summed E-state index contributed by atoms with van der Waals surface area (Å²) in [6, 6.07) is 5.31. The summed E-state index contributed by atoms with van der Waals surface area (Å²) in [7, 11) is 1.67. The first-order valence-corrected chi connectivity index (χ1v) is 7.44. The predicted octanol–water partition coefficient (Wildman–Crippen LogP) is 3.19. The van der Waals surface area contributed by atoms with Crippen molar-refractivity contribution >= 4 is 29.0 Å². The molecule has 122 valence electrons. The molecule has 2 rings (SSSR count). The second-order valence-corrected chi connectivity index (χ2v) is 4.92. The number of fused-ring (bicyclic) bond motifs is 1. The molecule has 1 aromatic carbocycles. The van der Waals surface area contributed by atoms with E-state index in [0.717, 1.165) is 16.5 Å². The Kier molecular flexibility index (Phi) is 5.41. The average molecular weight is 316 g/mol. The summed E-state index contributed by atoms with van der Waals surface area (Å²) in [6.07, 6.45) is 4.45. The lowest BCUT2D eigenvalue weighted by Crippen LogP contribution is -2.29. The fourth-order valence-electron chi connectivity index (χ4n) is 1.99. The number of hydrogen-bond donors (Lipinski definition) is 1. The molecule has 1 N–H and O–H groups in total. The van der Waals surface area contributed by atoms with Gasteiger partial charge in [-0.05, 0) is 32.1 Å². The van der Waals surface area contributed by atoms with Crippen LogP contribution in [-0.4, -0.2) is 42.1 Å². The number of rotatable bonds is 5. The molecule has 0 saturated heterocycles. The van der Waals surface area contributed by atoms with E-state index in [-0.39, 0.29) is 5.97 Å². The molecule has 0 aliphatic heterocycles. The van der Waals surface area contributed by atoms with Crippen molar-refractivity contribution in [1.82, 2.24) is 9.88 Å². The van der Waals surface area contributed by atoms with E-state index in [9.17, 15) is 9.59 Å². The zero-order valence-electron chi connectivity index (χ0n) is 13.5. The van der Waals surface area contributed by atoms with Crippen molar-refractivity contribution < 1.29 is 19.1 Å². The highest BCUT2D eigenvalue weighted by Gasteiger charge is 2.10. The van der Waals surface area contributed by atoms with Crippen LogP contribution in [-0.2, 0) is 9.53 Å². The minimum absolute atomic E-state index is 0.345. The van der Waals surface area contributed by atoms with Crippen LogP contribution in [0.2, 0.25) is 0 Å². The summed E-state index contributed by atoms with van der Waals surface area (Å²) >= 11 is 0. The van der Waals surface area contributed by atoms with Crippen LogP contribution in [0.15, 0.2) is 30.5 Å². The van der Waals surface area contributed by atoms with Gasteiger partial charge in [-0.3, -0.25) is 0 Å². The normalized spacial score (nSPS) is 10.9. The van der Waals surface area contributed by atoms with Crippen LogP contribution in [0.5, 0.6) is 5.75 Å². The Morgan fingerprint density at radius 3 is 2.78 bits per heavy atom. The Morgan fingerprint density at radius 1 is 1.30 bits per heavy atom. The number of benzene rings is 1. The third kappa shape index (κ3) is 4.12. The lowest BCUT2D eigenvalue weighted by Gasteiger charge is -2.14. The number of H-pyrrole nitrogens is 1. The van der Waals surface area contributed by atoms with Gasteiger partial charge in [0.2, 0.25) is 0 Å². The molecule has 0 unspecified atom stereocenters. The largest absolute Gasteiger partial charge is 0.463 e. The summed E-state index contributed by atoms with van der Waals surface area (Å²) in [5.74, 6) is 0.0839. The summed E-state index contributed by atoms with van der Waals surface area (Å²) in [6.45, 7) is 4.55. The number of aromatic amines is 1. The second-order valence-electron chi connectivity index (χ2n) is 4.92. The van der Waals surface area contributed by atoms with E-state index in [0.29, 0.717) is 18.9 Å². The average Bonchev–Trinajstić information content (AvgIpc) is 2.94. The van der Waals surface area contributed by atoms with Gasteiger partial charge in [0, 0.05) is 48.4 Å². The number of nitrogens with one attached hydrogen (secondary N) is 1. The molecule has 0 radical (unpaired) electrons. The van der Waals surface area contributed by atoms with Crippen LogP contribution in [0, 0.1) is 0 Å². The van der Waals surface area contributed by atoms with E-state index in [1.165, 1.54) is 11.0 Å². The van der Waals surface area contributed by atoms with Gasteiger partial charge in [-0.15, -0.1) is 0 Å². The SMILES string of the molecule is CCOC(=O)/C=C/c1c[nH]c2cc(OC(=O)N(C)CC)ccc12. The number of amides is 1. The molecule has 6 nitrogen and oxygen atoms in total. The molecule has 0 fully saturated rings. The van der Waals surface area contributed by atoms with Gasteiger partial charge in [0.05, 0.1) is 6.61 Å². The van der Waals surface area contributed by atoms with Crippen LogP contribution in [0.1, 0.15) is 19.4 Å². The third-order valence-electron chi connectivity index (χ3n) is 3.36. The van der Waals surface area contributed by atoms with Crippen molar-refractivity contribution in [3.63, 3.8) is 0 Å². The van der Waals surface area contributed by atoms with Gasteiger partial charge < -0.3 is 19.4 Å². The molecule has 2 aromatic rings. The Hall–Kier alpha value is -2.76. The summed E-state index contributed by atoms with van der Waals surface area (Å²) < 4.78 is 10.1.